The predicted molar refractivity (Wildman–Crippen MR) is 107 cm³/mol. The molecule has 0 bridgehead atoms. The molecule has 1 N–H and O–H groups in total. The monoisotopic (exact) mass is 366 g/mol. The minimum atomic E-state index is -0.0361. The summed E-state index contributed by atoms with van der Waals surface area (Å²) in [5.41, 5.74) is 4.83. The Kier molecular flexibility index (Phi) is 5.79. The first kappa shape index (κ1) is 19.0. The van der Waals surface area contributed by atoms with Gasteiger partial charge in [-0.15, -0.1) is 0 Å². The molecule has 0 aromatic heterocycles. The van der Waals surface area contributed by atoms with Crippen LogP contribution in [0.2, 0.25) is 0 Å². The highest BCUT2D eigenvalue weighted by Crippen LogP contribution is 2.28. The third-order valence-corrected chi connectivity index (χ3v) is 4.96. The van der Waals surface area contributed by atoms with Crippen LogP contribution < -0.4 is 15.0 Å². The maximum atomic E-state index is 12.4. The lowest BCUT2D eigenvalue weighted by molar-refractivity contribution is -0.117. The van der Waals surface area contributed by atoms with E-state index in [0.29, 0.717) is 19.3 Å². The molecule has 5 nitrogen and oxygen atoms in total. The standard InChI is InChI=1S/C22H26N2O3/c1-15-6-9-18(14-19(15)24-12-4-5-22(24)26)23-21(25)11-8-17-7-10-20(27-3)16(2)13-17/h6-7,9-10,13-14H,4-5,8,11-12H2,1-3H3,(H,23,25). The van der Waals surface area contributed by atoms with Gasteiger partial charge in [0.25, 0.3) is 0 Å². The number of aryl methyl sites for hydroxylation is 3. The van der Waals surface area contributed by atoms with Gasteiger partial charge in [-0.2, -0.15) is 0 Å². The molecule has 0 spiro atoms. The smallest absolute Gasteiger partial charge is 0.227 e. The van der Waals surface area contributed by atoms with Crippen LogP contribution in [-0.4, -0.2) is 25.5 Å². The van der Waals surface area contributed by atoms with Gasteiger partial charge in [-0.05, 0) is 61.6 Å². The van der Waals surface area contributed by atoms with Crippen molar-refractivity contribution in [1.82, 2.24) is 0 Å². The second-order valence-corrected chi connectivity index (χ2v) is 7.00. The lowest BCUT2D eigenvalue weighted by atomic mass is 10.1. The molecule has 142 valence electrons. The summed E-state index contributed by atoms with van der Waals surface area (Å²) >= 11 is 0. The Balaban J connectivity index is 1.62. The van der Waals surface area contributed by atoms with Crippen LogP contribution in [0.1, 0.15) is 36.0 Å². The minimum absolute atomic E-state index is 0.0361. The number of hydrogen-bond acceptors (Lipinski definition) is 3. The predicted octanol–water partition coefficient (Wildman–Crippen LogP) is 4.01. The largest absolute Gasteiger partial charge is 0.496 e. The molecular formula is C22H26N2O3. The summed E-state index contributed by atoms with van der Waals surface area (Å²) in [6.07, 6.45) is 2.55. The number of rotatable bonds is 6. The van der Waals surface area contributed by atoms with Gasteiger partial charge >= 0.3 is 0 Å². The maximum absolute atomic E-state index is 12.4. The van der Waals surface area contributed by atoms with Crippen molar-refractivity contribution in [3.63, 3.8) is 0 Å². The molecular weight excluding hydrogens is 340 g/mol. The van der Waals surface area contributed by atoms with Gasteiger partial charge < -0.3 is 15.0 Å². The second kappa shape index (κ2) is 8.25. The van der Waals surface area contributed by atoms with E-state index < -0.39 is 0 Å². The fraction of sp³-hybridized carbons (Fsp3) is 0.364. The highest BCUT2D eigenvalue weighted by atomic mass is 16.5. The van der Waals surface area contributed by atoms with Crippen LogP contribution in [0, 0.1) is 13.8 Å². The van der Waals surface area contributed by atoms with E-state index in [4.69, 9.17) is 4.74 Å². The molecule has 1 heterocycles. The SMILES string of the molecule is COc1ccc(CCC(=O)Nc2ccc(C)c(N3CCCC3=O)c2)cc1C. The Hall–Kier alpha value is -2.82. The van der Waals surface area contributed by atoms with Crippen molar-refractivity contribution in [1.29, 1.82) is 0 Å². The van der Waals surface area contributed by atoms with Gasteiger partial charge in [-0.25, -0.2) is 0 Å². The van der Waals surface area contributed by atoms with Crippen molar-refractivity contribution >= 4 is 23.2 Å². The number of anilines is 2. The zero-order valence-electron chi connectivity index (χ0n) is 16.2. The van der Waals surface area contributed by atoms with Gasteiger partial charge in [0.15, 0.2) is 0 Å². The molecule has 1 saturated heterocycles. The summed E-state index contributed by atoms with van der Waals surface area (Å²) in [5, 5.41) is 2.95. The number of benzene rings is 2. The number of nitrogens with zero attached hydrogens (tertiary/aromatic N) is 1. The fourth-order valence-electron chi connectivity index (χ4n) is 3.46. The number of carbonyl (C=O) groups is 2. The molecule has 0 unspecified atom stereocenters. The van der Waals surface area contributed by atoms with E-state index in [1.807, 2.05) is 49.1 Å². The third-order valence-electron chi connectivity index (χ3n) is 4.96. The van der Waals surface area contributed by atoms with E-state index >= 15 is 0 Å². The van der Waals surface area contributed by atoms with Crippen molar-refractivity contribution in [3.8, 4) is 5.75 Å². The van der Waals surface area contributed by atoms with Gasteiger partial charge in [0, 0.05) is 30.8 Å². The molecule has 2 amide bonds. The average molecular weight is 366 g/mol. The van der Waals surface area contributed by atoms with E-state index in [9.17, 15) is 9.59 Å². The minimum Gasteiger partial charge on any atom is -0.496 e. The summed E-state index contributed by atoms with van der Waals surface area (Å²) in [7, 11) is 1.65. The van der Waals surface area contributed by atoms with Crippen LogP contribution in [0.4, 0.5) is 11.4 Å². The molecule has 1 fully saturated rings. The molecule has 1 aliphatic heterocycles. The number of ether oxygens (including phenoxy) is 1. The van der Waals surface area contributed by atoms with Crippen LogP contribution >= 0.6 is 0 Å². The number of methoxy groups -OCH3 is 1. The van der Waals surface area contributed by atoms with Gasteiger partial charge in [0.1, 0.15) is 5.75 Å². The Morgan fingerprint density at radius 1 is 1.15 bits per heavy atom. The first-order chi connectivity index (χ1) is 13.0. The summed E-state index contributed by atoms with van der Waals surface area (Å²) in [6.45, 7) is 4.72. The van der Waals surface area contributed by atoms with Gasteiger partial charge in [-0.1, -0.05) is 18.2 Å². The average Bonchev–Trinajstić information content (AvgIpc) is 3.07. The number of carbonyl (C=O) groups excluding carboxylic acids is 2. The summed E-state index contributed by atoms with van der Waals surface area (Å²) in [4.78, 5) is 26.2. The van der Waals surface area contributed by atoms with Gasteiger partial charge in [0.05, 0.1) is 7.11 Å². The molecule has 3 rings (SSSR count). The molecule has 5 heteroatoms. The molecule has 27 heavy (non-hydrogen) atoms. The van der Waals surface area contributed by atoms with Gasteiger partial charge in [-0.3, -0.25) is 9.59 Å². The normalized spacial score (nSPS) is 13.7. The topological polar surface area (TPSA) is 58.6 Å². The summed E-state index contributed by atoms with van der Waals surface area (Å²) in [5.74, 6) is 0.967. The first-order valence-corrected chi connectivity index (χ1v) is 9.32. The number of nitrogens with one attached hydrogen (secondary N) is 1. The Bertz CT molecular complexity index is 861. The second-order valence-electron chi connectivity index (χ2n) is 7.00. The van der Waals surface area contributed by atoms with E-state index in [1.54, 1.807) is 7.11 Å². The van der Waals surface area contributed by atoms with Crippen LogP contribution in [0.15, 0.2) is 36.4 Å². The lowest BCUT2D eigenvalue weighted by Gasteiger charge is -2.19. The molecule has 0 aliphatic carbocycles. The molecule has 2 aromatic rings. The maximum Gasteiger partial charge on any atom is 0.227 e. The molecule has 1 aliphatic rings. The molecule has 2 aromatic carbocycles. The Morgan fingerprint density at radius 3 is 2.63 bits per heavy atom. The molecule has 0 saturated carbocycles. The third kappa shape index (κ3) is 4.48. The van der Waals surface area contributed by atoms with E-state index in [2.05, 4.69) is 11.4 Å². The van der Waals surface area contributed by atoms with E-state index in [0.717, 1.165) is 46.8 Å². The zero-order chi connectivity index (χ0) is 19.4. The molecule has 0 atom stereocenters. The van der Waals surface area contributed by atoms with Crippen molar-refractivity contribution in [2.45, 2.75) is 39.5 Å². The van der Waals surface area contributed by atoms with E-state index in [1.165, 1.54) is 0 Å². The van der Waals surface area contributed by atoms with Crippen LogP contribution in [-0.2, 0) is 16.0 Å². The van der Waals surface area contributed by atoms with Crippen molar-refractivity contribution in [2.24, 2.45) is 0 Å². The highest BCUT2D eigenvalue weighted by molar-refractivity contribution is 5.97. The lowest BCUT2D eigenvalue weighted by Crippen LogP contribution is -2.24. The summed E-state index contributed by atoms with van der Waals surface area (Å²) in [6, 6.07) is 11.7. The zero-order valence-corrected chi connectivity index (χ0v) is 16.2. The van der Waals surface area contributed by atoms with Gasteiger partial charge in [0.2, 0.25) is 11.8 Å². The van der Waals surface area contributed by atoms with Crippen LogP contribution in [0.3, 0.4) is 0 Å². The highest BCUT2D eigenvalue weighted by Gasteiger charge is 2.23. The number of amides is 2. The van der Waals surface area contributed by atoms with E-state index in [-0.39, 0.29) is 11.8 Å². The van der Waals surface area contributed by atoms with Crippen LogP contribution in [0.5, 0.6) is 5.75 Å². The molecule has 0 radical (unpaired) electrons. The number of hydrogen-bond donors (Lipinski definition) is 1. The quantitative estimate of drug-likeness (QED) is 0.840. The Morgan fingerprint density at radius 2 is 1.96 bits per heavy atom. The fourth-order valence-corrected chi connectivity index (χ4v) is 3.46. The van der Waals surface area contributed by atoms with Crippen molar-refractivity contribution in [3.05, 3.63) is 53.1 Å². The Labute approximate surface area is 160 Å². The first-order valence-electron chi connectivity index (χ1n) is 9.32. The van der Waals surface area contributed by atoms with Crippen LogP contribution in [0.25, 0.3) is 0 Å². The van der Waals surface area contributed by atoms with Crippen molar-refractivity contribution in [2.75, 3.05) is 23.9 Å². The summed E-state index contributed by atoms with van der Waals surface area (Å²) < 4.78 is 5.27. The van der Waals surface area contributed by atoms with Crippen molar-refractivity contribution < 1.29 is 14.3 Å².